The van der Waals surface area contributed by atoms with Crippen molar-refractivity contribution in [2.75, 3.05) is 25.1 Å². The minimum atomic E-state index is -5.08. The van der Waals surface area contributed by atoms with E-state index in [1.807, 2.05) is 4.90 Å². The molecule has 1 aliphatic heterocycles. The summed E-state index contributed by atoms with van der Waals surface area (Å²) in [5, 5.41) is 16.1. The Morgan fingerprint density at radius 1 is 1.23 bits per heavy atom. The number of anilines is 1. The second kappa shape index (κ2) is 8.97. The van der Waals surface area contributed by atoms with Crippen LogP contribution in [0.5, 0.6) is 0 Å². The van der Waals surface area contributed by atoms with Crippen LogP contribution < -0.4 is 4.90 Å². The fraction of sp³-hybridized carbons (Fsp3) is 0.500. The number of halogens is 3. The molecule has 0 aromatic carbocycles. The number of aromatic nitrogens is 2. The van der Waals surface area contributed by atoms with Gasteiger partial charge in [0.1, 0.15) is 0 Å². The average molecular weight is 379 g/mol. The van der Waals surface area contributed by atoms with E-state index < -0.39 is 24.1 Å². The van der Waals surface area contributed by atoms with Crippen LogP contribution in [0.25, 0.3) is 0 Å². The van der Waals surface area contributed by atoms with Gasteiger partial charge in [-0.2, -0.15) is 13.2 Å². The fourth-order valence-electron chi connectivity index (χ4n) is 2.05. The summed E-state index contributed by atoms with van der Waals surface area (Å²) in [4.78, 5) is 41.3. The van der Waals surface area contributed by atoms with E-state index in [-0.39, 0.29) is 11.6 Å². The number of nitrogens with zero attached hydrogens (tertiary/aromatic N) is 3. The molecule has 2 N–H and O–H groups in total. The molecule has 2 heterocycles. The zero-order valence-electron chi connectivity index (χ0n) is 13.6. The van der Waals surface area contributed by atoms with Gasteiger partial charge in [-0.15, -0.1) is 0 Å². The van der Waals surface area contributed by atoms with Crippen LogP contribution in [-0.2, 0) is 14.3 Å². The summed E-state index contributed by atoms with van der Waals surface area (Å²) in [5.41, 5.74) is 0.202. The van der Waals surface area contributed by atoms with Crippen molar-refractivity contribution in [1.29, 1.82) is 0 Å². The van der Waals surface area contributed by atoms with E-state index >= 15 is 0 Å². The Morgan fingerprint density at radius 2 is 1.77 bits per heavy atom. The zero-order chi connectivity index (χ0) is 19.9. The third kappa shape index (κ3) is 6.18. The van der Waals surface area contributed by atoms with Gasteiger partial charge in [0, 0.05) is 19.3 Å². The fourth-order valence-corrected chi connectivity index (χ4v) is 2.05. The van der Waals surface area contributed by atoms with Crippen molar-refractivity contribution in [1.82, 2.24) is 9.97 Å². The molecule has 1 fully saturated rings. The van der Waals surface area contributed by atoms with Crippen molar-refractivity contribution in [3.05, 3.63) is 18.0 Å². The minimum absolute atomic E-state index is 0.202. The van der Waals surface area contributed by atoms with Crippen LogP contribution in [0, 0.1) is 5.92 Å². The van der Waals surface area contributed by atoms with E-state index in [0.717, 1.165) is 0 Å². The molecule has 1 aromatic heterocycles. The van der Waals surface area contributed by atoms with Gasteiger partial charge in [0.15, 0.2) is 5.69 Å². The number of esters is 1. The molecular formula is C14H16F3N3O6. The molecule has 2 rings (SSSR count). The van der Waals surface area contributed by atoms with Crippen molar-refractivity contribution in [2.24, 2.45) is 5.92 Å². The van der Waals surface area contributed by atoms with Crippen LogP contribution in [0.4, 0.5) is 19.1 Å². The van der Waals surface area contributed by atoms with Crippen molar-refractivity contribution in [3.8, 4) is 0 Å². The van der Waals surface area contributed by atoms with Gasteiger partial charge in [-0.3, -0.25) is 4.79 Å². The molecule has 1 saturated heterocycles. The van der Waals surface area contributed by atoms with Crippen LogP contribution >= 0.6 is 0 Å². The molecule has 0 unspecified atom stereocenters. The van der Waals surface area contributed by atoms with Gasteiger partial charge < -0.3 is 19.8 Å². The highest BCUT2D eigenvalue weighted by Gasteiger charge is 2.38. The number of aliphatic carboxylic acids is 2. The Balaban J connectivity index is 0.000000412. The summed E-state index contributed by atoms with van der Waals surface area (Å²) >= 11 is 0. The highest BCUT2D eigenvalue weighted by molar-refractivity contribution is 5.87. The first kappa shape index (κ1) is 21.1. The van der Waals surface area contributed by atoms with Crippen molar-refractivity contribution >= 4 is 23.9 Å². The number of alkyl halides is 3. The van der Waals surface area contributed by atoms with Crippen LogP contribution in [0.15, 0.2) is 12.3 Å². The topological polar surface area (TPSA) is 130 Å². The van der Waals surface area contributed by atoms with E-state index in [1.54, 1.807) is 0 Å². The van der Waals surface area contributed by atoms with Gasteiger partial charge in [-0.25, -0.2) is 19.6 Å². The molecule has 144 valence electrons. The van der Waals surface area contributed by atoms with E-state index in [9.17, 15) is 22.8 Å². The van der Waals surface area contributed by atoms with Crippen molar-refractivity contribution < 1.29 is 42.5 Å². The Bertz CT molecular complexity index is 660. The highest BCUT2D eigenvalue weighted by Crippen LogP contribution is 2.20. The molecule has 1 aliphatic rings. The molecule has 12 heteroatoms. The predicted octanol–water partition coefficient (Wildman–Crippen LogP) is 1.20. The molecule has 1 aromatic rings. The van der Waals surface area contributed by atoms with E-state index in [0.29, 0.717) is 31.9 Å². The number of ether oxygens (including phenoxy) is 1. The molecule has 0 aliphatic carbocycles. The second-order valence-corrected chi connectivity index (χ2v) is 5.14. The molecule has 26 heavy (non-hydrogen) atoms. The number of rotatable bonds is 3. The van der Waals surface area contributed by atoms with Crippen LogP contribution in [-0.4, -0.2) is 64.5 Å². The number of hydrogen-bond acceptors (Lipinski definition) is 7. The standard InChI is InChI=1S/C12H15N3O4.C2HF3O2/c1-19-11(18)9-2-5-13-12(14-9)15-6-3-8(4-7-15)10(16)17;3-2(4,5)1(6)7/h2,5,8H,3-4,6-7H2,1H3,(H,16,17);(H,6,7). The average Bonchev–Trinajstić information content (AvgIpc) is 2.61. The Hall–Kier alpha value is -2.92. The number of carboxylic acids is 2. The first-order valence-corrected chi connectivity index (χ1v) is 7.25. The van der Waals surface area contributed by atoms with Gasteiger partial charge in [0.2, 0.25) is 5.95 Å². The summed E-state index contributed by atoms with van der Waals surface area (Å²) in [6, 6.07) is 1.49. The van der Waals surface area contributed by atoms with Crippen LogP contribution in [0.2, 0.25) is 0 Å². The maximum atomic E-state index is 11.4. The van der Waals surface area contributed by atoms with Crippen molar-refractivity contribution in [2.45, 2.75) is 19.0 Å². The summed E-state index contributed by atoms with van der Waals surface area (Å²) in [6.07, 6.45) is -2.47. The molecular weight excluding hydrogens is 363 g/mol. The monoisotopic (exact) mass is 379 g/mol. The number of carboxylic acid groups (broad SMARTS) is 2. The molecule has 0 bridgehead atoms. The quantitative estimate of drug-likeness (QED) is 0.744. The molecule has 0 radical (unpaired) electrons. The lowest BCUT2D eigenvalue weighted by molar-refractivity contribution is -0.192. The number of hydrogen-bond donors (Lipinski definition) is 2. The van der Waals surface area contributed by atoms with Gasteiger partial charge in [-0.05, 0) is 18.9 Å². The third-order valence-corrected chi connectivity index (χ3v) is 3.41. The van der Waals surface area contributed by atoms with Gasteiger partial charge in [0.05, 0.1) is 13.0 Å². The maximum Gasteiger partial charge on any atom is 0.490 e. The number of methoxy groups -OCH3 is 1. The molecule has 0 saturated carbocycles. The molecule has 0 spiro atoms. The third-order valence-electron chi connectivity index (χ3n) is 3.41. The largest absolute Gasteiger partial charge is 0.490 e. The van der Waals surface area contributed by atoms with E-state index in [4.69, 9.17) is 15.0 Å². The van der Waals surface area contributed by atoms with Gasteiger partial charge >= 0.3 is 24.1 Å². The molecule has 0 amide bonds. The lowest BCUT2D eigenvalue weighted by atomic mass is 9.97. The number of carbonyl (C=O) groups excluding carboxylic acids is 1. The Kier molecular flexibility index (Phi) is 7.28. The SMILES string of the molecule is COC(=O)c1ccnc(N2CCC(C(=O)O)CC2)n1.O=C(O)C(F)(F)F. The lowest BCUT2D eigenvalue weighted by Gasteiger charge is -2.30. The zero-order valence-corrected chi connectivity index (χ0v) is 13.6. The number of carbonyl (C=O) groups is 3. The first-order valence-electron chi connectivity index (χ1n) is 7.25. The predicted molar refractivity (Wildman–Crippen MR) is 79.6 cm³/mol. The summed E-state index contributed by atoms with van der Waals surface area (Å²) < 4.78 is 36.3. The maximum absolute atomic E-state index is 11.4. The number of piperidine rings is 1. The summed E-state index contributed by atoms with van der Waals surface area (Å²) in [7, 11) is 1.29. The van der Waals surface area contributed by atoms with Crippen LogP contribution in [0.1, 0.15) is 23.3 Å². The Labute approximate surface area is 145 Å². The first-order chi connectivity index (χ1) is 12.1. The summed E-state index contributed by atoms with van der Waals surface area (Å²) in [6.45, 7) is 1.14. The highest BCUT2D eigenvalue weighted by atomic mass is 19.4. The lowest BCUT2D eigenvalue weighted by Crippen LogP contribution is -2.37. The smallest absolute Gasteiger partial charge is 0.481 e. The van der Waals surface area contributed by atoms with E-state index in [2.05, 4.69) is 14.7 Å². The normalized spacial score (nSPS) is 14.8. The minimum Gasteiger partial charge on any atom is -0.481 e. The molecule has 0 atom stereocenters. The van der Waals surface area contributed by atoms with Gasteiger partial charge in [0.25, 0.3) is 0 Å². The Morgan fingerprint density at radius 3 is 2.19 bits per heavy atom. The van der Waals surface area contributed by atoms with Crippen molar-refractivity contribution in [3.63, 3.8) is 0 Å². The van der Waals surface area contributed by atoms with E-state index in [1.165, 1.54) is 19.4 Å². The van der Waals surface area contributed by atoms with Gasteiger partial charge in [-0.1, -0.05) is 0 Å². The summed E-state index contributed by atoms with van der Waals surface area (Å²) in [5.74, 6) is -3.90. The molecule has 9 nitrogen and oxygen atoms in total. The second-order valence-electron chi connectivity index (χ2n) is 5.14. The van der Waals surface area contributed by atoms with Crippen LogP contribution in [0.3, 0.4) is 0 Å².